The lowest BCUT2D eigenvalue weighted by atomic mass is 9.88. The Balaban J connectivity index is 2.20. The van der Waals surface area contributed by atoms with Crippen LogP contribution < -0.4 is 9.30 Å². The molecule has 0 bridgehead atoms. The second-order valence-electron chi connectivity index (χ2n) is 6.90. The molecule has 2 heterocycles. The number of ether oxygens (including phenoxy) is 1. The van der Waals surface area contributed by atoms with Crippen LogP contribution in [0.4, 0.5) is 0 Å². The van der Waals surface area contributed by atoms with Crippen molar-refractivity contribution in [2.75, 3.05) is 0 Å². The molecule has 0 amide bonds. The number of hydrogen-bond donors (Lipinski definition) is 0. The largest absolute Gasteiger partial charge is 0.450 e. The van der Waals surface area contributed by atoms with Crippen molar-refractivity contribution >= 4 is 10.8 Å². The highest BCUT2D eigenvalue weighted by atomic mass is 16.5. The van der Waals surface area contributed by atoms with Crippen LogP contribution in [0.1, 0.15) is 36.5 Å². The van der Waals surface area contributed by atoms with Gasteiger partial charge in [0.2, 0.25) is 0 Å². The van der Waals surface area contributed by atoms with Gasteiger partial charge in [0.1, 0.15) is 12.8 Å². The summed E-state index contributed by atoms with van der Waals surface area (Å²) in [4.78, 5) is 0. The molecule has 2 heteroatoms. The van der Waals surface area contributed by atoms with E-state index >= 15 is 0 Å². The van der Waals surface area contributed by atoms with Gasteiger partial charge in [-0.2, -0.15) is 4.57 Å². The number of rotatable bonds is 1. The van der Waals surface area contributed by atoms with Gasteiger partial charge in [-0.05, 0) is 54.0 Å². The van der Waals surface area contributed by atoms with Gasteiger partial charge >= 0.3 is 0 Å². The van der Waals surface area contributed by atoms with Crippen molar-refractivity contribution in [2.24, 2.45) is 7.05 Å². The highest BCUT2D eigenvalue weighted by Crippen LogP contribution is 2.47. The normalized spacial score (nSPS) is 12.4. The molecule has 0 unspecified atom stereocenters. The average Bonchev–Trinajstić information content (AvgIpc) is 2.51. The first-order valence-corrected chi connectivity index (χ1v) is 8.22. The summed E-state index contributed by atoms with van der Waals surface area (Å²) in [5.41, 5.74) is 6.47. The van der Waals surface area contributed by atoms with Crippen molar-refractivity contribution in [3.8, 4) is 22.8 Å². The molecular weight excluding hydrogens is 282 g/mol. The molecule has 23 heavy (non-hydrogen) atoms. The Morgan fingerprint density at radius 2 is 1.83 bits per heavy atom. The van der Waals surface area contributed by atoms with Gasteiger partial charge in [0.05, 0.1) is 5.56 Å². The predicted molar refractivity (Wildman–Crippen MR) is 94.2 cm³/mol. The molecule has 1 aliphatic heterocycles. The van der Waals surface area contributed by atoms with E-state index in [0.717, 1.165) is 11.5 Å². The zero-order valence-corrected chi connectivity index (χ0v) is 14.4. The molecule has 2 nitrogen and oxygen atoms in total. The minimum Gasteiger partial charge on any atom is -0.450 e. The minimum atomic E-state index is 0.484. The van der Waals surface area contributed by atoms with E-state index in [9.17, 15) is 0 Å². The summed E-state index contributed by atoms with van der Waals surface area (Å²) in [5.74, 6) is 2.42. The summed E-state index contributed by atoms with van der Waals surface area (Å²) in [6.07, 6.45) is 2.09. The monoisotopic (exact) mass is 304 g/mol. The molecule has 116 valence electrons. The molecule has 0 N–H and O–H groups in total. The molecule has 0 aliphatic carbocycles. The molecule has 0 radical (unpaired) electrons. The van der Waals surface area contributed by atoms with Gasteiger partial charge in [-0.25, -0.2) is 0 Å². The van der Waals surface area contributed by atoms with Gasteiger partial charge in [0, 0.05) is 11.5 Å². The van der Waals surface area contributed by atoms with Crippen molar-refractivity contribution < 1.29 is 9.30 Å². The van der Waals surface area contributed by atoms with Gasteiger partial charge in [-0.15, -0.1) is 0 Å². The van der Waals surface area contributed by atoms with E-state index in [4.69, 9.17) is 4.74 Å². The Morgan fingerprint density at radius 3 is 2.57 bits per heavy atom. The fraction of sp³-hybridized carbons (Fsp3) is 0.286. The number of pyridine rings is 1. The van der Waals surface area contributed by atoms with Crippen LogP contribution in [0.3, 0.4) is 0 Å². The SMILES string of the molecule is Cc1cc2cc(C(C)C)cc3c2c(c1C)-c1c(ccc[n+]1C)O3. The number of fused-ring (bicyclic) bond motifs is 2. The molecule has 0 saturated heterocycles. The standard InChI is InChI=1S/C21H22NO/c1-12(2)15-10-16-9-13(3)14(4)19-20(16)18(11-15)23-17-7-6-8-22(5)21(17)19/h6-12H,1-5H3/q+1. The second kappa shape index (κ2) is 4.82. The van der Waals surface area contributed by atoms with Crippen LogP contribution in [0.15, 0.2) is 36.5 Å². The molecule has 0 fully saturated rings. The van der Waals surface area contributed by atoms with Crippen molar-refractivity contribution in [2.45, 2.75) is 33.6 Å². The van der Waals surface area contributed by atoms with E-state index in [1.807, 2.05) is 6.07 Å². The highest BCUT2D eigenvalue weighted by Gasteiger charge is 2.29. The number of hydrogen-bond acceptors (Lipinski definition) is 1. The molecule has 4 rings (SSSR count). The fourth-order valence-corrected chi connectivity index (χ4v) is 3.56. The molecule has 2 aromatic carbocycles. The number of benzene rings is 2. The smallest absolute Gasteiger partial charge is 0.256 e. The lowest BCUT2D eigenvalue weighted by Crippen LogP contribution is -2.31. The summed E-state index contributed by atoms with van der Waals surface area (Å²) in [7, 11) is 2.09. The predicted octanol–water partition coefficient (Wildman–Crippen LogP) is 5.18. The zero-order chi connectivity index (χ0) is 16.3. The first-order valence-electron chi connectivity index (χ1n) is 8.22. The highest BCUT2D eigenvalue weighted by molar-refractivity contribution is 6.04. The van der Waals surface area contributed by atoms with E-state index in [0.29, 0.717) is 5.92 Å². The summed E-state index contributed by atoms with van der Waals surface area (Å²) < 4.78 is 8.46. The van der Waals surface area contributed by atoms with Gasteiger partial charge < -0.3 is 4.74 Å². The Morgan fingerprint density at radius 1 is 1.04 bits per heavy atom. The van der Waals surface area contributed by atoms with Crippen LogP contribution in [-0.2, 0) is 7.05 Å². The van der Waals surface area contributed by atoms with Crippen molar-refractivity contribution in [1.82, 2.24) is 0 Å². The lowest BCUT2D eigenvalue weighted by Gasteiger charge is -2.23. The van der Waals surface area contributed by atoms with Crippen LogP contribution in [0.2, 0.25) is 0 Å². The maximum absolute atomic E-state index is 6.30. The molecule has 1 aromatic heterocycles. The molecule has 3 aromatic rings. The summed E-state index contributed by atoms with van der Waals surface area (Å²) in [6, 6.07) is 10.9. The van der Waals surface area contributed by atoms with E-state index < -0.39 is 0 Å². The van der Waals surface area contributed by atoms with Gasteiger partial charge in [0.15, 0.2) is 11.9 Å². The van der Waals surface area contributed by atoms with Crippen LogP contribution in [0, 0.1) is 13.8 Å². The second-order valence-corrected chi connectivity index (χ2v) is 6.90. The molecule has 0 atom stereocenters. The van der Waals surface area contributed by atoms with E-state index in [1.165, 1.54) is 38.7 Å². The summed E-state index contributed by atoms with van der Waals surface area (Å²) in [6.45, 7) is 8.87. The Bertz CT molecular complexity index is 954. The third kappa shape index (κ3) is 1.98. The van der Waals surface area contributed by atoms with Crippen molar-refractivity contribution in [3.05, 3.63) is 53.2 Å². The minimum absolute atomic E-state index is 0.484. The molecule has 0 spiro atoms. The third-order valence-corrected chi connectivity index (χ3v) is 5.01. The van der Waals surface area contributed by atoms with Crippen LogP contribution in [0.5, 0.6) is 11.5 Å². The van der Waals surface area contributed by atoms with Crippen LogP contribution in [-0.4, -0.2) is 0 Å². The first kappa shape index (κ1) is 14.3. The average molecular weight is 304 g/mol. The van der Waals surface area contributed by atoms with E-state index in [2.05, 4.69) is 69.8 Å². The third-order valence-electron chi connectivity index (χ3n) is 5.01. The van der Waals surface area contributed by atoms with Crippen molar-refractivity contribution in [3.63, 3.8) is 0 Å². The van der Waals surface area contributed by atoms with Gasteiger partial charge in [-0.1, -0.05) is 26.0 Å². The van der Waals surface area contributed by atoms with Crippen molar-refractivity contribution in [1.29, 1.82) is 0 Å². The summed E-state index contributed by atoms with van der Waals surface area (Å²) in [5, 5.41) is 2.52. The van der Waals surface area contributed by atoms with Gasteiger partial charge in [0.25, 0.3) is 5.69 Å². The summed E-state index contributed by atoms with van der Waals surface area (Å²) >= 11 is 0. The zero-order valence-electron chi connectivity index (χ0n) is 14.4. The number of aryl methyl sites for hydroxylation is 2. The molecular formula is C21H22NO+. The number of aromatic nitrogens is 1. The topological polar surface area (TPSA) is 13.1 Å². The Hall–Kier alpha value is -2.35. The number of nitrogens with zero attached hydrogens (tertiary/aromatic N) is 1. The fourth-order valence-electron chi connectivity index (χ4n) is 3.56. The molecule has 1 aliphatic rings. The van der Waals surface area contributed by atoms with E-state index in [-0.39, 0.29) is 0 Å². The van der Waals surface area contributed by atoms with Crippen LogP contribution in [0.25, 0.3) is 22.0 Å². The quantitative estimate of drug-likeness (QED) is 0.442. The Labute approximate surface area is 137 Å². The first-order chi connectivity index (χ1) is 11.0. The maximum Gasteiger partial charge on any atom is 0.256 e. The van der Waals surface area contributed by atoms with E-state index in [1.54, 1.807) is 0 Å². The van der Waals surface area contributed by atoms with Gasteiger partial charge in [-0.3, -0.25) is 0 Å². The van der Waals surface area contributed by atoms with Crippen LogP contribution >= 0.6 is 0 Å². The molecule has 0 saturated carbocycles. The lowest BCUT2D eigenvalue weighted by molar-refractivity contribution is -0.660. The maximum atomic E-state index is 6.30. The Kier molecular flexibility index (Phi) is 2.99.